The number of ketones is 1. The Hall–Kier alpha value is -2.24. The number of thiocarbonyl (C=S) groups is 1. The quantitative estimate of drug-likeness (QED) is 0.244. The van der Waals surface area contributed by atoms with Crippen LogP contribution in [0.3, 0.4) is 0 Å². The lowest BCUT2D eigenvalue weighted by molar-refractivity contribution is -0.143. The zero-order chi connectivity index (χ0) is 26.0. The summed E-state index contributed by atoms with van der Waals surface area (Å²) in [6.45, 7) is 8.95. The number of carboxylic acids is 1. The van der Waals surface area contributed by atoms with Crippen molar-refractivity contribution in [3.63, 3.8) is 0 Å². The van der Waals surface area contributed by atoms with Gasteiger partial charge in [0.1, 0.15) is 5.78 Å². The molecule has 0 heterocycles. The minimum Gasteiger partial charge on any atom is -0.481 e. The van der Waals surface area contributed by atoms with Crippen molar-refractivity contribution in [2.24, 2.45) is 10.8 Å². The van der Waals surface area contributed by atoms with Gasteiger partial charge in [-0.2, -0.15) is 5.26 Å². The number of thioether (sulfide) groups is 1. The maximum atomic E-state index is 12.5. The number of esters is 1. The second-order valence-electron chi connectivity index (χ2n) is 9.80. The van der Waals surface area contributed by atoms with Crippen LogP contribution in [0.5, 0.6) is 0 Å². The first-order chi connectivity index (χ1) is 15.8. The maximum Gasteiger partial charge on any atom is 0.307 e. The summed E-state index contributed by atoms with van der Waals surface area (Å²) in [4.78, 5) is 35.9. The number of Topliss-reactive ketones (excluding diaryl/α,β-unsaturated/α-hetero) is 1. The topological polar surface area (TPSA) is 104 Å². The van der Waals surface area contributed by atoms with Gasteiger partial charge in [0.15, 0.2) is 0 Å². The fraction of sp³-hybridized carbons (Fsp3) is 0.577. The van der Waals surface area contributed by atoms with Crippen molar-refractivity contribution in [3.05, 3.63) is 35.9 Å². The summed E-state index contributed by atoms with van der Waals surface area (Å²) in [5.41, 5.74) is -0.861. The Kier molecular flexibility index (Phi) is 11.4. The van der Waals surface area contributed by atoms with E-state index in [4.69, 9.17) is 17.0 Å². The first-order valence-electron chi connectivity index (χ1n) is 11.3. The van der Waals surface area contributed by atoms with Crippen LogP contribution in [0.1, 0.15) is 78.7 Å². The lowest BCUT2D eigenvalue weighted by atomic mass is 9.66. The van der Waals surface area contributed by atoms with Gasteiger partial charge < -0.3 is 14.6 Å². The van der Waals surface area contributed by atoms with Gasteiger partial charge in [-0.3, -0.25) is 9.59 Å². The van der Waals surface area contributed by atoms with E-state index in [1.807, 2.05) is 44.2 Å². The van der Waals surface area contributed by atoms with Crippen molar-refractivity contribution < 1.29 is 24.2 Å². The van der Waals surface area contributed by atoms with E-state index in [1.165, 1.54) is 18.7 Å². The molecule has 6 nitrogen and oxygen atoms in total. The predicted molar refractivity (Wildman–Crippen MR) is 139 cm³/mol. The molecule has 0 aliphatic carbocycles. The van der Waals surface area contributed by atoms with Gasteiger partial charge in [-0.05, 0) is 57.9 Å². The smallest absolute Gasteiger partial charge is 0.307 e. The van der Waals surface area contributed by atoms with Crippen molar-refractivity contribution in [2.75, 3.05) is 6.61 Å². The SMILES string of the molecule is CCOC(=O)CC(C)(CC(C)(CC(=O)O)CC(C)(C#N)CCC(C)=O)SC(=S)c1ccccc1. The van der Waals surface area contributed by atoms with Gasteiger partial charge >= 0.3 is 11.9 Å². The lowest BCUT2D eigenvalue weighted by Gasteiger charge is -2.41. The summed E-state index contributed by atoms with van der Waals surface area (Å²) in [6.07, 6.45) is 1.05. The summed E-state index contributed by atoms with van der Waals surface area (Å²) in [6, 6.07) is 11.7. The molecule has 186 valence electrons. The highest BCUT2D eigenvalue weighted by molar-refractivity contribution is 8.24. The monoisotopic (exact) mass is 505 g/mol. The first kappa shape index (κ1) is 29.8. The van der Waals surface area contributed by atoms with E-state index in [-0.39, 0.29) is 44.0 Å². The van der Waals surface area contributed by atoms with E-state index in [9.17, 15) is 24.8 Å². The van der Waals surface area contributed by atoms with E-state index in [0.29, 0.717) is 17.0 Å². The highest BCUT2D eigenvalue weighted by Gasteiger charge is 2.44. The molecule has 1 aromatic carbocycles. The van der Waals surface area contributed by atoms with Gasteiger partial charge in [0.2, 0.25) is 0 Å². The molecule has 3 atom stereocenters. The number of hydrogen-bond acceptors (Lipinski definition) is 7. The fourth-order valence-electron chi connectivity index (χ4n) is 4.54. The molecule has 0 aliphatic heterocycles. The van der Waals surface area contributed by atoms with E-state index in [0.717, 1.165) is 5.56 Å². The number of hydrogen-bond donors (Lipinski definition) is 1. The molecule has 1 aromatic rings. The highest BCUT2D eigenvalue weighted by atomic mass is 32.2. The number of nitrogens with zero attached hydrogens (tertiary/aromatic N) is 1. The number of aliphatic carboxylic acids is 1. The van der Waals surface area contributed by atoms with Crippen LogP contribution in [0, 0.1) is 22.2 Å². The minimum atomic E-state index is -0.983. The number of nitriles is 1. The summed E-state index contributed by atoms with van der Waals surface area (Å²) < 4.78 is 5.04. The van der Waals surface area contributed by atoms with Crippen LogP contribution in [0.25, 0.3) is 0 Å². The van der Waals surface area contributed by atoms with E-state index in [1.54, 1.807) is 13.8 Å². The number of rotatable bonds is 14. The molecule has 1 N–H and O–H groups in total. The lowest BCUT2D eigenvalue weighted by Crippen LogP contribution is -2.38. The van der Waals surface area contributed by atoms with E-state index in [2.05, 4.69) is 6.07 Å². The second-order valence-corrected chi connectivity index (χ2v) is 12.1. The molecule has 0 fully saturated rings. The highest BCUT2D eigenvalue weighted by Crippen LogP contribution is 2.49. The van der Waals surface area contributed by atoms with Crippen molar-refractivity contribution >= 4 is 45.9 Å². The molecule has 0 amide bonds. The first-order valence-corrected chi connectivity index (χ1v) is 12.5. The summed E-state index contributed by atoms with van der Waals surface area (Å²) in [7, 11) is 0. The second kappa shape index (κ2) is 13.0. The molecule has 0 aromatic heterocycles. The Morgan fingerprint density at radius 3 is 2.24 bits per heavy atom. The van der Waals surface area contributed by atoms with Crippen LogP contribution < -0.4 is 0 Å². The third-order valence-electron chi connectivity index (χ3n) is 5.67. The molecule has 34 heavy (non-hydrogen) atoms. The van der Waals surface area contributed by atoms with Crippen LogP contribution in [0.2, 0.25) is 0 Å². The third kappa shape index (κ3) is 10.4. The van der Waals surface area contributed by atoms with Crippen LogP contribution in [0.4, 0.5) is 0 Å². The van der Waals surface area contributed by atoms with E-state index >= 15 is 0 Å². The molecule has 1 rings (SSSR count). The zero-order valence-electron chi connectivity index (χ0n) is 20.7. The molecular formula is C26H35NO5S2. The standard InChI is InChI=1S/C26H35NO5S2/c1-6-32-22(31)15-26(5,34-23(33)20-10-8-7-9-11-20)17-25(4,14-21(29)30)16-24(3,18-27)13-12-19(2)28/h7-11H,6,12-17H2,1-5H3,(H,29,30). The summed E-state index contributed by atoms with van der Waals surface area (Å²) >= 11 is 7.03. The maximum absolute atomic E-state index is 12.5. The molecule has 0 saturated carbocycles. The summed E-state index contributed by atoms with van der Waals surface area (Å²) in [5, 5.41) is 19.6. The Morgan fingerprint density at radius 1 is 1.12 bits per heavy atom. The third-order valence-corrected chi connectivity index (χ3v) is 7.35. The van der Waals surface area contributed by atoms with Gasteiger partial charge in [0, 0.05) is 11.2 Å². The Bertz CT molecular complexity index is 929. The van der Waals surface area contributed by atoms with Gasteiger partial charge in [-0.15, -0.1) is 11.8 Å². The molecule has 0 bridgehead atoms. The minimum absolute atomic E-state index is 0.0164. The number of ether oxygens (including phenoxy) is 1. The Morgan fingerprint density at radius 2 is 1.74 bits per heavy atom. The molecule has 8 heteroatoms. The predicted octanol–water partition coefficient (Wildman–Crippen LogP) is 5.97. The van der Waals surface area contributed by atoms with E-state index < -0.39 is 21.5 Å². The van der Waals surface area contributed by atoms with Crippen molar-refractivity contribution in [1.82, 2.24) is 0 Å². The Balaban J connectivity index is 3.32. The Labute approximate surface area is 212 Å². The molecular weight excluding hydrogens is 470 g/mol. The van der Waals surface area contributed by atoms with Crippen molar-refractivity contribution in [3.8, 4) is 6.07 Å². The zero-order valence-corrected chi connectivity index (χ0v) is 22.3. The van der Waals surface area contributed by atoms with Crippen LogP contribution in [-0.2, 0) is 19.1 Å². The van der Waals surface area contributed by atoms with Gasteiger partial charge in [0.25, 0.3) is 0 Å². The number of carboxylic acid groups (broad SMARTS) is 1. The van der Waals surface area contributed by atoms with Crippen LogP contribution >= 0.6 is 24.0 Å². The normalized spacial score (nSPS) is 16.2. The van der Waals surface area contributed by atoms with Crippen molar-refractivity contribution in [2.45, 2.75) is 77.9 Å². The summed E-state index contributed by atoms with van der Waals surface area (Å²) in [5.74, 6) is -1.38. The average molecular weight is 506 g/mol. The molecule has 0 aliphatic rings. The average Bonchev–Trinajstić information content (AvgIpc) is 2.71. The number of benzene rings is 1. The molecule has 0 saturated heterocycles. The van der Waals surface area contributed by atoms with Gasteiger partial charge in [-0.25, -0.2) is 0 Å². The largest absolute Gasteiger partial charge is 0.481 e. The van der Waals surface area contributed by atoms with Gasteiger partial charge in [0.05, 0.1) is 35.1 Å². The number of carbonyl (C=O) groups is 3. The number of carbonyl (C=O) groups excluding carboxylic acids is 2. The van der Waals surface area contributed by atoms with Crippen molar-refractivity contribution in [1.29, 1.82) is 5.26 Å². The van der Waals surface area contributed by atoms with Gasteiger partial charge in [-0.1, -0.05) is 49.5 Å². The molecule has 3 unspecified atom stereocenters. The molecule has 0 spiro atoms. The van der Waals surface area contributed by atoms with Crippen LogP contribution in [-0.4, -0.2) is 38.4 Å². The molecule has 0 radical (unpaired) electrons. The fourth-order valence-corrected chi connectivity index (χ4v) is 6.59. The van der Waals surface area contributed by atoms with Crippen LogP contribution in [0.15, 0.2) is 30.3 Å².